The van der Waals surface area contributed by atoms with Gasteiger partial charge in [0, 0.05) is 12.1 Å². The van der Waals surface area contributed by atoms with Gasteiger partial charge in [-0.15, -0.1) is 0 Å². The van der Waals surface area contributed by atoms with Gasteiger partial charge < -0.3 is 10.4 Å². The first-order chi connectivity index (χ1) is 5.68. The van der Waals surface area contributed by atoms with Crippen LogP contribution in [0.5, 0.6) is 0 Å². The number of carboxylic acid groups (broad SMARTS) is 1. The Morgan fingerprint density at radius 1 is 1.50 bits per heavy atom. The van der Waals surface area contributed by atoms with Gasteiger partial charge in [-0.05, 0) is 13.0 Å². The largest absolute Gasteiger partial charge is 0.478 e. The Morgan fingerprint density at radius 3 is 2.67 bits per heavy atom. The fourth-order valence-electron chi connectivity index (χ4n) is 0.815. The molecule has 0 unspecified atom stereocenters. The van der Waals surface area contributed by atoms with E-state index in [0.29, 0.717) is 6.54 Å². The minimum atomic E-state index is -0.919. The van der Waals surface area contributed by atoms with E-state index in [1.807, 2.05) is 0 Å². The van der Waals surface area contributed by atoms with Crippen molar-refractivity contribution in [3.05, 3.63) is 12.2 Å². The first kappa shape index (κ1) is 11.2. The maximum absolute atomic E-state index is 10.3. The first-order valence-corrected chi connectivity index (χ1v) is 4.30. The predicted octanol–water partition coefficient (Wildman–Crippen LogP) is 1.41. The van der Waals surface area contributed by atoms with Crippen molar-refractivity contribution >= 4 is 5.97 Å². The molecule has 0 saturated heterocycles. The molecule has 0 aromatic rings. The van der Waals surface area contributed by atoms with E-state index < -0.39 is 5.97 Å². The number of hydrogen-bond donors (Lipinski definition) is 2. The molecule has 0 rings (SSSR count). The van der Waals surface area contributed by atoms with E-state index in [2.05, 4.69) is 18.8 Å². The number of hydrogen-bond acceptors (Lipinski definition) is 2. The molecule has 0 spiro atoms. The Kier molecular flexibility index (Phi) is 6.38. The lowest BCUT2D eigenvalue weighted by atomic mass is 10.2. The summed E-state index contributed by atoms with van der Waals surface area (Å²) < 4.78 is 0. The molecule has 0 heterocycles. The highest BCUT2D eigenvalue weighted by Crippen LogP contribution is 1.92. The van der Waals surface area contributed by atoms with Crippen LogP contribution in [0.1, 0.15) is 26.2 Å². The van der Waals surface area contributed by atoms with Gasteiger partial charge in [-0.25, -0.2) is 4.79 Å². The molecule has 70 valence electrons. The molecule has 0 aliphatic heterocycles. The minimum absolute atomic E-state index is 0.228. The molecule has 0 aromatic carbocycles. The normalized spacial score (nSPS) is 9.75. The summed E-state index contributed by atoms with van der Waals surface area (Å²) in [5.74, 6) is -0.919. The molecular weight excluding hydrogens is 154 g/mol. The van der Waals surface area contributed by atoms with E-state index in [1.54, 1.807) is 0 Å². The molecule has 0 aliphatic carbocycles. The third kappa shape index (κ3) is 5.92. The number of carbonyl (C=O) groups is 1. The van der Waals surface area contributed by atoms with E-state index >= 15 is 0 Å². The van der Waals surface area contributed by atoms with Crippen molar-refractivity contribution in [1.82, 2.24) is 5.32 Å². The summed E-state index contributed by atoms with van der Waals surface area (Å²) in [6.07, 6.45) is 3.47. The number of nitrogens with one attached hydrogen (secondary N) is 1. The van der Waals surface area contributed by atoms with Gasteiger partial charge in [0.2, 0.25) is 0 Å². The van der Waals surface area contributed by atoms with Gasteiger partial charge in [0.1, 0.15) is 0 Å². The molecule has 0 aliphatic rings. The predicted molar refractivity (Wildman–Crippen MR) is 49.2 cm³/mol. The third-order valence-electron chi connectivity index (χ3n) is 1.60. The van der Waals surface area contributed by atoms with Crippen molar-refractivity contribution in [2.75, 3.05) is 13.1 Å². The van der Waals surface area contributed by atoms with Crippen molar-refractivity contribution in [2.45, 2.75) is 26.2 Å². The van der Waals surface area contributed by atoms with E-state index in [1.165, 1.54) is 12.8 Å². The third-order valence-corrected chi connectivity index (χ3v) is 1.60. The molecule has 0 saturated carbocycles. The Morgan fingerprint density at radius 2 is 2.17 bits per heavy atom. The van der Waals surface area contributed by atoms with Gasteiger partial charge in [-0.2, -0.15) is 0 Å². The zero-order chi connectivity index (χ0) is 9.40. The lowest BCUT2D eigenvalue weighted by molar-refractivity contribution is -0.132. The molecule has 3 heteroatoms. The minimum Gasteiger partial charge on any atom is -0.478 e. The van der Waals surface area contributed by atoms with Crippen LogP contribution < -0.4 is 5.32 Å². The van der Waals surface area contributed by atoms with E-state index in [4.69, 9.17) is 5.11 Å². The first-order valence-electron chi connectivity index (χ1n) is 4.30. The molecule has 0 bridgehead atoms. The van der Waals surface area contributed by atoms with E-state index in [-0.39, 0.29) is 5.57 Å². The smallest absolute Gasteiger partial charge is 0.332 e. The number of carboxylic acids is 1. The lowest BCUT2D eigenvalue weighted by Crippen LogP contribution is -2.21. The molecule has 2 N–H and O–H groups in total. The van der Waals surface area contributed by atoms with Crippen molar-refractivity contribution < 1.29 is 9.90 Å². The Balaban J connectivity index is 3.20. The van der Waals surface area contributed by atoms with E-state index in [0.717, 1.165) is 13.0 Å². The summed E-state index contributed by atoms with van der Waals surface area (Å²) in [4.78, 5) is 10.3. The summed E-state index contributed by atoms with van der Waals surface area (Å²) in [6.45, 7) is 6.81. The van der Waals surface area contributed by atoms with Crippen LogP contribution in [-0.2, 0) is 4.79 Å². The second-order valence-electron chi connectivity index (χ2n) is 2.79. The summed E-state index contributed by atoms with van der Waals surface area (Å²) in [5, 5.41) is 11.5. The van der Waals surface area contributed by atoms with Crippen molar-refractivity contribution in [3.8, 4) is 0 Å². The molecule has 0 aromatic heterocycles. The van der Waals surface area contributed by atoms with Gasteiger partial charge in [0.25, 0.3) is 0 Å². The van der Waals surface area contributed by atoms with Crippen molar-refractivity contribution in [2.24, 2.45) is 0 Å². The van der Waals surface area contributed by atoms with Crippen LogP contribution in [-0.4, -0.2) is 24.2 Å². The number of unbranched alkanes of at least 4 members (excludes halogenated alkanes) is 2. The van der Waals surface area contributed by atoms with Gasteiger partial charge in [-0.3, -0.25) is 0 Å². The van der Waals surface area contributed by atoms with Gasteiger partial charge in [0.15, 0.2) is 0 Å². The maximum atomic E-state index is 10.3. The highest BCUT2D eigenvalue weighted by molar-refractivity contribution is 5.86. The summed E-state index contributed by atoms with van der Waals surface area (Å²) in [6, 6.07) is 0. The lowest BCUT2D eigenvalue weighted by Gasteiger charge is -2.02. The van der Waals surface area contributed by atoms with Crippen LogP contribution in [0.4, 0.5) is 0 Å². The second-order valence-corrected chi connectivity index (χ2v) is 2.79. The molecule has 0 fully saturated rings. The van der Waals surface area contributed by atoms with Gasteiger partial charge >= 0.3 is 5.97 Å². The molecular formula is C9H17NO2. The Bertz CT molecular complexity index is 155. The summed E-state index contributed by atoms with van der Waals surface area (Å²) in [7, 11) is 0. The van der Waals surface area contributed by atoms with Crippen LogP contribution in [0.25, 0.3) is 0 Å². The fraction of sp³-hybridized carbons (Fsp3) is 0.667. The van der Waals surface area contributed by atoms with Crippen LogP contribution >= 0.6 is 0 Å². The van der Waals surface area contributed by atoms with E-state index in [9.17, 15) is 4.79 Å². The molecule has 0 amide bonds. The molecule has 12 heavy (non-hydrogen) atoms. The summed E-state index contributed by atoms with van der Waals surface area (Å²) in [5.41, 5.74) is 0.228. The van der Waals surface area contributed by atoms with Crippen LogP contribution in [0, 0.1) is 0 Å². The quantitative estimate of drug-likeness (QED) is 0.449. The fourth-order valence-corrected chi connectivity index (χ4v) is 0.815. The standard InChI is InChI=1S/C9H17NO2/c1-3-4-5-6-10-7-8(2)9(11)12/h10H,2-7H2,1H3,(H,11,12). The second kappa shape index (κ2) is 6.85. The topological polar surface area (TPSA) is 49.3 Å². The number of rotatable bonds is 7. The average molecular weight is 171 g/mol. The average Bonchev–Trinajstić information content (AvgIpc) is 2.03. The molecule has 0 radical (unpaired) electrons. The van der Waals surface area contributed by atoms with Crippen molar-refractivity contribution in [3.63, 3.8) is 0 Å². The molecule has 3 nitrogen and oxygen atoms in total. The van der Waals surface area contributed by atoms with Crippen LogP contribution in [0.15, 0.2) is 12.2 Å². The zero-order valence-corrected chi connectivity index (χ0v) is 7.60. The SMILES string of the molecule is C=C(CNCCCCC)C(=O)O. The van der Waals surface area contributed by atoms with Gasteiger partial charge in [-0.1, -0.05) is 26.3 Å². The monoisotopic (exact) mass is 171 g/mol. The Labute approximate surface area is 73.5 Å². The Hall–Kier alpha value is -0.830. The highest BCUT2D eigenvalue weighted by atomic mass is 16.4. The molecule has 0 atom stereocenters. The maximum Gasteiger partial charge on any atom is 0.332 e. The zero-order valence-electron chi connectivity index (χ0n) is 7.60. The van der Waals surface area contributed by atoms with Gasteiger partial charge in [0.05, 0.1) is 0 Å². The highest BCUT2D eigenvalue weighted by Gasteiger charge is 2.01. The van der Waals surface area contributed by atoms with Crippen LogP contribution in [0.2, 0.25) is 0 Å². The summed E-state index contributed by atoms with van der Waals surface area (Å²) >= 11 is 0. The number of aliphatic carboxylic acids is 1. The van der Waals surface area contributed by atoms with Crippen molar-refractivity contribution in [1.29, 1.82) is 0 Å². The van der Waals surface area contributed by atoms with Crippen LogP contribution in [0.3, 0.4) is 0 Å².